The number of ether oxygens (including phenoxy) is 2. The second-order valence-corrected chi connectivity index (χ2v) is 5.41. The van der Waals surface area contributed by atoms with Crippen LogP contribution in [0.2, 0.25) is 0 Å². The molecule has 24 heavy (non-hydrogen) atoms. The summed E-state index contributed by atoms with van der Waals surface area (Å²) in [5, 5.41) is 5.22. The van der Waals surface area contributed by atoms with E-state index in [9.17, 15) is 9.59 Å². The molecule has 2 N–H and O–H groups in total. The third-order valence-electron chi connectivity index (χ3n) is 3.66. The molecule has 1 aliphatic rings. The maximum atomic E-state index is 12.0. The molecule has 7 nitrogen and oxygen atoms in total. The van der Waals surface area contributed by atoms with Crippen molar-refractivity contribution in [1.29, 1.82) is 0 Å². The monoisotopic (exact) mass is 327 g/mol. The Balaban J connectivity index is 1.62. The standard InChI is InChI=1S/C17H17N3O4/c1-10-4-3-5-12(11(10)2)23-8-15(21)18-14-7-6-13-17(19-14)20-16(22)9-24-13/h3-7H,8-9H2,1-2H3,(H2,18,19,20,21,22). The van der Waals surface area contributed by atoms with Crippen LogP contribution in [0, 0.1) is 13.8 Å². The zero-order valence-corrected chi connectivity index (χ0v) is 13.4. The Morgan fingerprint density at radius 2 is 2.17 bits per heavy atom. The number of carbonyl (C=O) groups excluding carboxylic acids is 2. The molecule has 3 rings (SSSR count). The Kier molecular flexibility index (Phi) is 4.33. The van der Waals surface area contributed by atoms with Crippen molar-refractivity contribution in [2.24, 2.45) is 0 Å². The predicted molar refractivity (Wildman–Crippen MR) is 88.4 cm³/mol. The lowest BCUT2D eigenvalue weighted by Gasteiger charge is -2.17. The van der Waals surface area contributed by atoms with Gasteiger partial charge in [-0.2, -0.15) is 0 Å². The molecule has 1 aliphatic heterocycles. The van der Waals surface area contributed by atoms with Gasteiger partial charge in [0.15, 0.2) is 24.8 Å². The lowest BCUT2D eigenvalue weighted by molar-refractivity contribution is -0.119. The molecule has 0 atom stereocenters. The molecule has 7 heteroatoms. The molecule has 1 aromatic heterocycles. The van der Waals surface area contributed by atoms with Crippen molar-refractivity contribution in [2.75, 3.05) is 23.8 Å². The predicted octanol–water partition coefficient (Wildman–Crippen LogP) is 2.05. The van der Waals surface area contributed by atoms with E-state index < -0.39 is 0 Å². The van der Waals surface area contributed by atoms with Crippen LogP contribution in [0.5, 0.6) is 11.5 Å². The third kappa shape index (κ3) is 3.45. The molecule has 0 radical (unpaired) electrons. The van der Waals surface area contributed by atoms with E-state index in [1.807, 2.05) is 32.0 Å². The van der Waals surface area contributed by atoms with Crippen LogP contribution in [-0.2, 0) is 9.59 Å². The number of nitrogens with one attached hydrogen (secondary N) is 2. The smallest absolute Gasteiger partial charge is 0.263 e. The van der Waals surface area contributed by atoms with Crippen molar-refractivity contribution in [3.05, 3.63) is 41.5 Å². The van der Waals surface area contributed by atoms with Gasteiger partial charge in [0.05, 0.1) is 0 Å². The number of benzene rings is 1. The van der Waals surface area contributed by atoms with Gasteiger partial charge in [-0.15, -0.1) is 0 Å². The molecule has 0 fully saturated rings. The van der Waals surface area contributed by atoms with Crippen molar-refractivity contribution < 1.29 is 19.1 Å². The Hall–Kier alpha value is -3.09. The second kappa shape index (κ2) is 6.57. The first-order chi connectivity index (χ1) is 11.5. The number of amides is 2. The van der Waals surface area contributed by atoms with Gasteiger partial charge >= 0.3 is 0 Å². The van der Waals surface area contributed by atoms with Gasteiger partial charge in [0.2, 0.25) is 0 Å². The fourth-order valence-electron chi connectivity index (χ4n) is 2.24. The summed E-state index contributed by atoms with van der Waals surface area (Å²) >= 11 is 0. The van der Waals surface area contributed by atoms with Crippen molar-refractivity contribution in [1.82, 2.24) is 4.98 Å². The molecule has 0 spiro atoms. The van der Waals surface area contributed by atoms with Gasteiger partial charge in [0.25, 0.3) is 11.8 Å². The average Bonchev–Trinajstić information content (AvgIpc) is 2.56. The Morgan fingerprint density at radius 1 is 1.33 bits per heavy atom. The molecule has 2 heterocycles. The highest BCUT2D eigenvalue weighted by atomic mass is 16.5. The fraction of sp³-hybridized carbons (Fsp3) is 0.235. The van der Waals surface area contributed by atoms with Crippen LogP contribution in [-0.4, -0.2) is 30.0 Å². The van der Waals surface area contributed by atoms with E-state index in [4.69, 9.17) is 9.47 Å². The summed E-state index contributed by atoms with van der Waals surface area (Å²) in [6.07, 6.45) is 0. The fourth-order valence-corrected chi connectivity index (χ4v) is 2.24. The van der Waals surface area contributed by atoms with Crippen molar-refractivity contribution in [3.63, 3.8) is 0 Å². The van der Waals surface area contributed by atoms with Gasteiger partial charge in [-0.1, -0.05) is 12.1 Å². The number of hydrogen-bond acceptors (Lipinski definition) is 5. The van der Waals surface area contributed by atoms with Crippen LogP contribution in [0.4, 0.5) is 11.6 Å². The van der Waals surface area contributed by atoms with E-state index in [0.29, 0.717) is 23.1 Å². The maximum Gasteiger partial charge on any atom is 0.263 e. The van der Waals surface area contributed by atoms with Gasteiger partial charge in [-0.3, -0.25) is 9.59 Å². The summed E-state index contributed by atoms with van der Waals surface area (Å²) in [6.45, 7) is 3.75. The van der Waals surface area contributed by atoms with Gasteiger partial charge in [0.1, 0.15) is 11.6 Å². The summed E-state index contributed by atoms with van der Waals surface area (Å²) < 4.78 is 10.8. The number of rotatable bonds is 4. The minimum absolute atomic E-state index is 0.0376. The van der Waals surface area contributed by atoms with Crippen LogP contribution >= 0.6 is 0 Å². The number of aromatic nitrogens is 1. The molecule has 124 valence electrons. The summed E-state index contributed by atoms with van der Waals surface area (Å²) in [7, 11) is 0. The SMILES string of the molecule is Cc1cccc(OCC(=O)Nc2ccc3c(n2)NC(=O)CO3)c1C. The van der Waals surface area contributed by atoms with Gasteiger partial charge in [0, 0.05) is 0 Å². The van der Waals surface area contributed by atoms with Gasteiger partial charge in [-0.05, 0) is 43.2 Å². The quantitative estimate of drug-likeness (QED) is 0.897. The molecule has 0 saturated carbocycles. The third-order valence-corrected chi connectivity index (χ3v) is 3.66. The summed E-state index contributed by atoms with van der Waals surface area (Å²) in [5.41, 5.74) is 2.09. The highest BCUT2D eigenvalue weighted by molar-refractivity contribution is 5.95. The molecule has 2 aromatic rings. The molecule has 0 aliphatic carbocycles. The second-order valence-electron chi connectivity index (χ2n) is 5.41. The van der Waals surface area contributed by atoms with E-state index in [0.717, 1.165) is 11.1 Å². The summed E-state index contributed by atoms with van der Waals surface area (Å²) in [4.78, 5) is 27.5. The lowest BCUT2D eigenvalue weighted by atomic mass is 10.1. The lowest BCUT2D eigenvalue weighted by Crippen LogP contribution is -2.27. The molecule has 0 bridgehead atoms. The van der Waals surface area contributed by atoms with Gasteiger partial charge in [-0.25, -0.2) is 4.98 Å². The number of pyridine rings is 1. The van der Waals surface area contributed by atoms with Crippen LogP contribution in [0.3, 0.4) is 0 Å². The van der Waals surface area contributed by atoms with Crippen molar-refractivity contribution in [2.45, 2.75) is 13.8 Å². The number of nitrogens with zero attached hydrogens (tertiary/aromatic N) is 1. The first-order valence-corrected chi connectivity index (χ1v) is 7.45. The van der Waals surface area contributed by atoms with Crippen molar-refractivity contribution in [3.8, 4) is 11.5 Å². The van der Waals surface area contributed by atoms with E-state index in [-0.39, 0.29) is 25.0 Å². The summed E-state index contributed by atoms with van der Waals surface area (Å²) in [6, 6.07) is 8.92. The molecule has 1 aromatic carbocycles. The highest BCUT2D eigenvalue weighted by Crippen LogP contribution is 2.26. The molecule has 0 unspecified atom stereocenters. The van der Waals surface area contributed by atoms with Crippen LogP contribution in [0.25, 0.3) is 0 Å². The zero-order valence-electron chi connectivity index (χ0n) is 13.4. The highest BCUT2D eigenvalue weighted by Gasteiger charge is 2.18. The average molecular weight is 327 g/mol. The maximum absolute atomic E-state index is 12.0. The van der Waals surface area contributed by atoms with E-state index in [1.165, 1.54) is 0 Å². The normalized spacial score (nSPS) is 12.7. The summed E-state index contributed by atoms with van der Waals surface area (Å²) in [5.74, 6) is 1.13. The number of hydrogen-bond donors (Lipinski definition) is 2. The largest absolute Gasteiger partial charge is 0.483 e. The van der Waals surface area contributed by atoms with E-state index in [1.54, 1.807) is 12.1 Å². The zero-order chi connectivity index (χ0) is 17.1. The first kappa shape index (κ1) is 15.8. The number of carbonyl (C=O) groups is 2. The Labute approximate surface area is 139 Å². The first-order valence-electron chi connectivity index (χ1n) is 7.45. The minimum Gasteiger partial charge on any atom is -0.483 e. The van der Waals surface area contributed by atoms with Crippen LogP contribution in [0.15, 0.2) is 30.3 Å². The minimum atomic E-state index is -0.341. The van der Waals surface area contributed by atoms with E-state index in [2.05, 4.69) is 15.6 Å². The number of fused-ring (bicyclic) bond motifs is 1. The number of anilines is 2. The Morgan fingerprint density at radius 3 is 3.00 bits per heavy atom. The van der Waals surface area contributed by atoms with Gasteiger partial charge < -0.3 is 20.1 Å². The molecule has 2 amide bonds. The number of aryl methyl sites for hydroxylation is 1. The van der Waals surface area contributed by atoms with Crippen molar-refractivity contribution >= 4 is 23.5 Å². The molecule has 0 saturated heterocycles. The van der Waals surface area contributed by atoms with E-state index >= 15 is 0 Å². The topological polar surface area (TPSA) is 89.5 Å². The van der Waals surface area contributed by atoms with Crippen LogP contribution < -0.4 is 20.1 Å². The molecular formula is C17H17N3O4. The Bertz CT molecular complexity index is 804. The van der Waals surface area contributed by atoms with Crippen LogP contribution in [0.1, 0.15) is 11.1 Å². The molecular weight excluding hydrogens is 310 g/mol.